The number of carbonyl (C=O) groups excluding carboxylic acids is 1. The molecular formula is C15H16N3O+. The second kappa shape index (κ2) is 6.44. The Hall–Kier alpha value is -2.49. The minimum atomic E-state index is -0.208. The van der Waals surface area contributed by atoms with Gasteiger partial charge in [0.25, 0.3) is 5.91 Å². The van der Waals surface area contributed by atoms with Crippen molar-refractivity contribution in [3.8, 4) is 0 Å². The number of rotatable bonds is 4. The largest absolute Gasteiger partial charge is 0.277 e. The minimum Gasteiger partial charge on any atom is -0.267 e. The molecule has 0 aliphatic heterocycles. The second-order valence-electron chi connectivity index (χ2n) is 4.20. The van der Waals surface area contributed by atoms with E-state index in [0.29, 0.717) is 12.0 Å². The molecule has 0 saturated heterocycles. The van der Waals surface area contributed by atoms with Crippen LogP contribution in [0.4, 0.5) is 0 Å². The monoisotopic (exact) mass is 254 g/mol. The molecule has 1 aromatic heterocycles. The Kier molecular flexibility index (Phi) is 4.39. The second-order valence-corrected chi connectivity index (χ2v) is 4.20. The molecule has 0 radical (unpaired) electrons. The summed E-state index contributed by atoms with van der Waals surface area (Å²) in [6, 6.07) is 13.5. The fourth-order valence-electron chi connectivity index (χ4n) is 1.66. The third-order valence-corrected chi connectivity index (χ3v) is 2.63. The van der Waals surface area contributed by atoms with Gasteiger partial charge in [-0.1, -0.05) is 30.3 Å². The maximum atomic E-state index is 11.8. The summed E-state index contributed by atoms with van der Waals surface area (Å²) in [5.74, 6) is -0.208. The lowest BCUT2D eigenvalue weighted by atomic mass is 10.2. The van der Waals surface area contributed by atoms with Crippen molar-refractivity contribution in [1.29, 1.82) is 0 Å². The van der Waals surface area contributed by atoms with E-state index in [4.69, 9.17) is 0 Å². The van der Waals surface area contributed by atoms with Gasteiger partial charge >= 0.3 is 0 Å². The van der Waals surface area contributed by atoms with Crippen molar-refractivity contribution >= 4 is 12.1 Å². The molecule has 1 amide bonds. The van der Waals surface area contributed by atoms with Crippen molar-refractivity contribution in [3.05, 3.63) is 66.0 Å². The van der Waals surface area contributed by atoms with Crippen LogP contribution in [0.5, 0.6) is 0 Å². The summed E-state index contributed by atoms with van der Waals surface area (Å²) < 4.78 is 1.82. The van der Waals surface area contributed by atoms with Gasteiger partial charge in [-0.2, -0.15) is 5.10 Å². The van der Waals surface area contributed by atoms with Crippen molar-refractivity contribution in [3.63, 3.8) is 0 Å². The highest BCUT2D eigenvalue weighted by Crippen LogP contribution is 1.97. The van der Waals surface area contributed by atoms with E-state index in [9.17, 15) is 4.79 Å². The zero-order chi connectivity index (χ0) is 13.5. The Morgan fingerprint density at radius 3 is 2.79 bits per heavy atom. The summed E-state index contributed by atoms with van der Waals surface area (Å²) in [4.78, 5) is 11.8. The SMILES string of the molecule is C[n+]1cccc(C(=O)NN=CCc2ccccc2)c1. The van der Waals surface area contributed by atoms with E-state index in [-0.39, 0.29) is 5.91 Å². The Bertz CT molecular complexity index is 579. The highest BCUT2D eigenvalue weighted by Gasteiger charge is 2.06. The first-order valence-corrected chi connectivity index (χ1v) is 6.07. The van der Waals surface area contributed by atoms with Crippen molar-refractivity contribution in [2.24, 2.45) is 12.1 Å². The minimum absolute atomic E-state index is 0.208. The third kappa shape index (κ3) is 4.03. The van der Waals surface area contributed by atoms with E-state index >= 15 is 0 Å². The molecule has 0 saturated carbocycles. The van der Waals surface area contributed by atoms with Gasteiger partial charge in [0.05, 0.1) is 0 Å². The zero-order valence-electron chi connectivity index (χ0n) is 10.8. The average Bonchev–Trinajstić information content (AvgIpc) is 2.44. The van der Waals surface area contributed by atoms with Crippen LogP contribution in [0.15, 0.2) is 60.0 Å². The fourth-order valence-corrected chi connectivity index (χ4v) is 1.66. The van der Waals surface area contributed by atoms with Crippen LogP contribution in [0.3, 0.4) is 0 Å². The number of hydrogen-bond donors (Lipinski definition) is 1. The van der Waals surface area contributed by atoms with Crippen molar-refractivity contribution < 1.29 is 9.36 Å². The van der Waals surface area contributed by atoms with Gasteiger partial charge in [-0.3, -0.25) is 4.79 Å². The number of carbonyl (C=O) groups is 1. The number of pyridine rings is 1. The van der Waals surface area contributed by atoms with Gasteiger partial charge in [0, 0.05) is 18.7 Å². The zero-order valence-corrected chi connectivity index (χ0v) is 10.8. The molecule has 0 aliphatic carbocycles. The summed E-state index contributed by atoms with van der Waals surface area (Å²) in [6.07, 6.45) is 6.01. The number of benzene rings is 1. The Labute approximate surface area is 112 Å². The van der Waals surface area contributed by atoms with Crippen LogP contribution in [0.1, 0.15) is 15.9 Å². The molecule has 4 nitrogen and oxygen atoms in total. The quantitative estimate of drug-likeness (QED) is 0.501. The first kappa shape index (κ1) is 13.0. The average molecular weight is 254 g/mol. The van der Waals surface area contributed by atoms with E-state index in [1.807, 2.05) is 54.2 Å². The van der Waals surface area contributed by atoms with Gasteiger partial charge in [0.1, 0.15) is 12.6 Å². The topological polar surface area (TPSA) is 45.3 Å². The Balaban J connectivity index is 1.87. The van der Waals surface area contributed by atoms with Gasteiger partial charge in [-0.05, 0) is 11.6 Å². The molecule has 4 heteroatoms. The van der Waals surface area contributed by atoms with Crippen LogP contribution in [-0.2, 0) is 13.5 Å². The van der Waals surface area contributed by atoms with Crippen LogP contribution in [0, 0.1) is 0 Å². The standard InChI is InChI=1S/C15H15N3O/c1-18-11-5-8-14(12-18)15(19)17-16-10-9-13-6-3-2-4-7-13/h2-8,10-12H,9H2,1H3/p+1. The molecule has 0 spiro atoms. The predicted molar refractivity (Wildman–Crippen MR) is 73.7 cm³/mol. The molecule has 1 N–H and O–H groups in total. The first-order chi connectivity index (χ1) is 9.25. The Morgan fingerprint density at radius 2 is 2.05 bits per heavy atom. The van der Waals surface area contributed by atoms with Gasteiger partial charge in [-0.15, -0.1) is 0 Å². The third-order valence-electron chi connectivity index (χ3n) is 2.63. The number of nitrogens with zero attached hydrogens (tertiary/aromatic N) is 2. The number of amides is 1. The Morgan fingerprint density at radius 1 is 1.26 bits per heavy atom. The summed E-state index contributed by atoms with van der Waals surface area (Å²) >= 11 is 0. The molecule has 96 valence electrons. The van der Waals surface area contributed by atoms with E-state index in [1.54, 1.807) is 18.5 Å². The normalized spacial score (nSPS) is 10.6. The van der Waals surface area contributed by atoms with Crippen LogP contribution in [0.2, 0.25) is 0 Å². The first-order valence-electron chi connectivity index (χ1n) is 6.07. The molecule has 2 rings (SSSR count). The number of aromatic nitrogens is 1. The fraction of sp³-hybridized carbons (Fsp3) is 0.133. The van der Waals surface area contributed by atoms with Crippen molar-refractivity contribution in [2.45, 2.75) is 6.42 Å². The lowest BCUT2D eigenvalue weighted by Crippen LogP contribution is -2.29. The van der Waals surface area contributed by atoms with Crippen LogP contribution < -0.4 is 9.99 Å². The molecular weight excluding hydrogens is 238 g/mol. The van der Waals surface area contributed by atoms with Gasteiger partial charge in [0.2, 0.25) is 0 Å². The van der Waals surface area contributed by atoms with E-state index in [0.717, 1.165) is 5.56 Å². The molecule has 0 atom stereocenters. The highest BCUT2D eigenvalue weighted by molar-refractivity contribution is 5.93. The van der Waals surface area contributed by atoms with Crippen LogP contribution >= 0.6 is 0 Å². The van der Waals surface area contributed by atoms with Crippen LogP contribution in [0.25, 0.3) is 0 Å². The molecule has 0 aliphatic rings. The summed E-state index contributed by atoms with van der Waals surface area (Å²) in [6.45, 7) is 0. The van der Waals surface area contributed by atoms with Crippen molar-refractivity contribution in [2.75, 3.05) is 0 Å². The number of hydrazone groups is 1. The van der Waals surface area contributed by atoms with E-state index < -0.39 is 0 Å². The van der Waals surface area contributed by atoms with Gasteiger partial charge < -0.3 is 0 Å². The van der Waals surface area contributed by atoms with Gasteiger partial charge in [-0.25, -0.2) is 9.99 Å². The molecule has 2 aromatic rings. The summed E-state index contributed by atoms with van der Waals surface area (Å²) in [7, 11) is 1.87. The molecule has 1 aromatic carbocycles. The number of nitrogens with one attached hydrogen (secondary N) is 1. The lowest BCUT2D eigenvalue weighted by molar-refractivity contribution is -0.671. The van der Waals surface area contributed by atoms with Crippen LogP contribution in [-0.4, -0.2) is 12.1 Å². The summed E-state index contributed by atoms with van der Waals surface area (Å²) in [5, 5.41) is 3.94. The molecule has 0 bridgehead atoms. The smallest absolute Gasteiger partial charge is 0.267 e. The van der Waals surface area contributed by atoms with Crippen molar-refractivity contribution in [1.82, 2.24) is 5.43 Å². The molecule has 0 unspecified atom stereocenters. The highest BCUT2D eigenvalue weighted by atomic mass is 16.2. The maximum absolute atomic E-state index is 11.8. The molecule has 1 heterocycles. The predicted octanol–water partition coefficient (Wildman–Crippen LogP) is 1.47. The van der Waals surface area contributed by atoms with E-state index in [2.05, 4.69) is 10.5 Å². The number of aryl methyl sites for hydroxylation is 1. The maximum Gasteiger partial charge on any atom is 0.277 e. The van der Waals surface area contributed by atoms with E-state index in [1.165, 1.54) is 0 Å². The lowest BCUT2D eigenvalue weighted by Gasteiger charge is -1.98. The molecule has 19 heavy (non-hydrogen) atoms. The number of hydrogen-bond acceptors (Lipinski definition) is 2. The van der Waals surface area contributed by atoms with Gasteiger partial charge in [0.15, 0.2) is 12.4 Å². The summed E-state index contributed by atoms with van der Waals surface area (Å²) in [5.41, 5.74) is 4.26. The molecule has 0 fully saturated rings.